The molecule has 0 fully saturated rings. The number of para-hydroxylation sites is 2. The Balaban J connectivity index is 0.800. The van der Waals surface area contributed by atoms with Gasteiger partial charge in [-0.2, -0.15) is 0 Å². The van der Waals surface area contributed by atoms with Gasteiger partial charge >= 0.3 is 0 Å². The van der Waals surface area contributed by atoms with Gasteiger partial charge in [0.15, 0.2) is 0 Å². The minimum atomic E-state index is -0.612. The number of ether oxygens (including phenoxy) is 1. The number of rotatable bonds is 9. The van der Waals surface area contributed by atoms with Gasteiger partial charge in [0, 0.05) is 67.8 Å². The topological polar surface area (TPSA) is 19.0 Å². The lowest BCUT2D eigenvalue weighted by Gasteiger charge is -2.47. The standard InChI is InChI=1S/C119H91B2N3O/c1-116(2,3)82-66-92(76-38-17-11-18-39-76)113(93(67-82)77-40-19-12-20-41-77)123-103-56-33-31-54-99(103)120-101-72-102-108(73-105(101)122(106-70-84(118(7,8)9)71-107(123)111(106)120)85-61-58-75(59-62-85)74-36-15-10-16-37-74)125-109-65-81-64-80(86-49-35-50-91-90-48-27-30-53-98(90)119(110(86)91)96-51-28-25-46-88(96)89-47-26-29-52-97(89)119)60-63-87(81)115-112(109)121(102)100-55-32-34-57-104(100)124(115)114-94(78-42-21-13-22-43-78)68-83(117(4,5)6)69-95(114)79-44-23-14-24-45-79/h10-73H,1-9H3/i10D,15D,16D,36D,37D. The fourth-order valence-electron chi connectivity index (χ4n) is 21.8. The molecule has 0 aromatic heterocycles. The predicted molar refractivity (Wildman–Crippen MR) is 529 cm³/mol. The summed E-state index contributed by atoms with van der Waals surface area (Å²) in [6.07, 6.45) is 0. The third kappa shape index (κ3) is 11.3. The van der Waals surface area contributed by atoms with Crippen molar-refractivity contribution in [2.75, 3.05) is 14.7 Å². The van der Waals surface area contributed by atoms with Gasteiger partial charge in [0.1, 0.15) is 11.5 Å². The summed E-state index contributed by atoms with van der Waals surface area (Å²) in [7, 11) is 0. The van der Waals surface area contributed by atoms with E-state index < -0.39 is 23.6 Å². The van der Waals surface area contributed by atoms with E-state index in [9.17, 15) is 2.74 Å². The first-order chi connectivity index (χ1) is 63.0. The number of fused-ring (bicyclic) bond motifs is 20. The third-order valence-electron chi connectivity index (χ3n) is 27.6. The predicted octanol–water partition coefficient (Wildman–Crippen LogP) is 27.6. The Morgan fingerprint density at radius 3 is 1.22 bits per heavy atom. The monoisotopic (exact) mass is 1600 g/mol. The molecular formula is C119H91B2N3O. The number of hydrogen-bond donors (Lipinski definition) is 0. The maximum atomic E-state index is 9.33. The van der Waals surface area contributed by atoms with Crippen molar-refractivity contribution in [1.82, 2.24) is 0 Å². The van der Waals surface area contributed by atoms with E-state index in [0.717, 1.165) is 162 Å². The molecule has 0 saturated carbocycles. The van der Waals surface area contributed by atoms with Crippen molar-refractivity contribution in [3.8, 4) is 101 Å². The molecule has 594 valence electrons. The second-order valence-electron chi connectivity index (χ2n) is 37.8. The zero-order valence-electron chi connectivity index (χ0n) is 76.5. The van der Waals surface area contributed by atoms with Gasteiger partial charge in [-0.15, -0.1) is 0 Å². The van der Waals surface area contributed by atoms with Gasteiger partial charge in [0.2, 0.25) is 0 Å². The number of nitrogens with zero attached hydrogens (tertiary/aromatic N) is 3. The molecule has 18 aromatic rings. The van der Waals surface area contributed by atoms with Crippen LogP contribution in [0.5, 0.6) is 11.5 Å². The molecule has 125 heavy (non-hydrogen) atoms. The van der Waals surface area contributed by atoms with E-state index in [0.29, 0.717) is 5.56 Å². The van der Waals surface area contributed by atoms with Gasteiger partial charge in [0.05, 0.1) is 29.3 Å². The van der Waals surface area contributed by atoms with E-state index in [4.69, 9.17) is 8.85 Å². The molecule has 1 spiro atoms. The third-order valence-corrected chi connectivity index (χ3v) is 27.6. The summed E-state index contributed by atoms with van der Waals surface area (Å²) in [6.45, 7) is 20.1. The minimum absolute atomic E-state index is 0.144. The smallest absolute Gasteiger partial charge is 0.256 e. The first kappa shape index (κ1) is 69.1. The Hall–Kier alpha value is -14.5. The Morgan fingerprint density at radius 2 is 0.696 bits per heavy atom. The molecule has 2 aliphatic carbocycles. The molecule has 4 nitrogen and oxygen atoms in total. The van der Waals surface area contributed by atoms with Crippen molar-refractivity contribution in [2.24, 2.45) is 0 Å². The van der Waals surface area contributed by atoms with Crippen molar-refractivity contribution in [2.45, 2.75) is 84.0 Å². The van der Waals surface area contributed by atoms with Gasteiger partial charge in [-0.05, 0) is 233 Å². The van der Waals surface area contributed by atoms with Crippen LogP contribution in [0.2, 0.25) is 0 Å². The minimum Gasteiger partial charge on any atom is -0.458 e. The van der Waals surface area contributed by atoms with Crippen LogP contribution in [-0.4, -0.2) is 13.4 Å². The summed E-state index contributed by atoms with van der Waals surface area (Å²) in [5.41, 5.74) is 39.8. The Labute approximate surface area is 741 Å². The van der Waals surface area contributed by atoms with Gasteiger partial charge in [0.25, 0.3) is 13.4 Å². The highest BCUT2D eigenvalue weighted by molar-refractivity contribution is 7.02. The molecule has 4 heterocycles. The van der Waals surface area contributed by atoms with Crippen molar-refractivity contribution in [1.29, 1.82) is 0 Å². The van der Waals surface area contributed by atoms with E-state index in [-0.39, 0.29) is 47.3 Å². The van der Waals surface area contributed by atoms with E-state index in [1.54, 1.807) is 0 Å². The van der Waals surface area contributed by atoms with Crippen molar-refractivity contribution >= 4 is 108 Å². The Morgan fingerprint density at radius 1 is 0.272 bits per heavy atom. The second-order valence-corrected chi connectivity index (χ2v) is 37.8. The highest BCUT2D eigenvalue weighted by Gasteiger charge is 2.54. The van der Waals surface area contributed by atoms with Crippen molar-refractivity contribution < 1.29 is 11.6 Å². The fourth-order valence-corrected chi connectivity index (χ4v) is 21.8. The van der Waals surface area contributed by atoms with Crippen LogP contribution in [0.15, 0.2) is 388 Å². The van der Waals surface area contributed by atoms with Crippen LogP contribution in [0.4, 0.5) is 51.2 Å². The molecule has 0 unspecified atom stereocenters. The van der Waals surface area contributed by atoms with E-state index in [2.05, 4.69) is 423 Å². The van der Waals surface area contributed by atoms with Crippen molar-refractivity contribution in [3.05, 3.63) is 427 Å². The maximum Gasteiger partial charge on any atom is 0.256 e. The zero-order valence-corrected chi connectivity index (χ0v) is 71.5. The first-order valence-corrected chi connectivity index (χ1v) is 43.9. The number of benzene rings is 18. The Kier molecular flexibility index (Phi) is 15.4. The summed E-state index contributed by atoms with van der Waals surface area (Å²) in [5, 5.41) is 2.11. The lowest BCUT2D eigenvalue weighted by Crippen LogP contribution is -2.64. The molecule has 0 atom stereocenters. The van der Waals surface area contributed by atoms with E-state index >= 15 is 0 Å². The molecule has 6 heteroatoms. The quantitative estimate of drug-likeness (QED) is 0.134. The molecule has 18 aromatic carbocycles. The zero-order chi connectivity index (χ0) is 88.4. The van der Waals surface area contributed by atoms with Gasteiger partial charge in [-0.3, -0.25) is 0 Å². The van der Waals surface area contributed by atoms with Crippen LogP contribution in [0.1, 0.15) is 108 Å². The highest BCUT2D eigenvalue weighted by Crippen LogP contribution is 2.65. The molecule has 24 rings (SSSR count). The molecule has 4 aliphatic heterocycles. The van der Waals surface area contributed by atoms with Crippen LogP contribution in [0.25, 0.3) is 99.8 Å². The van der Waals surface area contributed by atoms with Crippen LogP contribution < -0.4 is 52.2 Å². The SMILES string of the molecule is [2H]c1c([2H])c([2H])c(-c2ccc(N3c4cc5c(cc4B4c6ccccc6N(c6c(-c7ccccc7)cc(C(C)(C)C)cc6-c6ccccc6)c6cc(C(C)(C)C)cc3c64)B3c4ccccc4N(c4c(-c6ccccc6)cc(C(C)(C)C)cc4-c4ccccc4)c4c3c(cc3cc(-c6cccc7c6C6(c8ccccc8-c8ccccc86)c6ccccc6-7)ccc43)O5)cc2)c([2H])c1[2H]. The van der Waals surface area contributed by atoms with Crippen LogP contribution in [0, 0.1) is 0 Å². The van der Waals surface area contributed by atoms with Crippen LogP contribution in [0.3, 0.4) is 0 Å². The first-order valence-electron chi connectivity index (χ1n) is 46.4. The average molecular weight is 1610 g/mol. The molecule has 0 N–H and O–H groups in total. The summed E-state index contributed by atoms with van der Waals surface area (Å²) in [4.78, 5) is 7.67. The summed E-state index contributed by atoms with van der Waals surface area (Å²) in [6, 6.07) is 132. The van der Waals surface area contributed by atoms with Gasteiger partial charge in [-0.1, -0.05) is 372 Å². The molecule has 0 amide bonds. The molecule has 0 bridgehead atoms. The normalized spacial score (nSPS) is 14.4. The molecular weight excluding hydrogens is 1510 g/mol. The number of anilines is 9. The van der Waals surface area contributed by atoms with Crippen LogP contribution >= 0.6 is 0 Å². The molecule has 0 radical (unpaired) electrons. The van der Waals surface area contributed by atoms with Gasteiger partial charge in [-0.25, -0.2) is 0 Å². The second kappa shape index (κ2) is 27.8. The lowest BCUT2D eigenvalue weighted by atomic mass is 9.30. The lowest BCUT2D eigenvalue weighted by molar-refractivity contribution is 0.488. The van der Waals surface area contributed by atoms with E-state index in [1.165, 1.54) is 61.2 Å². The summed E-state index contributed by atoms with van der Waals surface area (Å²) in [5.74, 6) is 1.49. The molecule has 0 saturated heterocycles. The largest absolute Gasteiger partial charge is 0.458 e. The summed E-state index contributed by atoms with van der Waals surface area (Å²) >= 11 is 0. The average Bonchev–Trinajstić information content (AvgIpc) is 1.63. The fraction of sp³-hybridized carbons (Fsp3) is 0.109. The summed E-state index contributed by atoms with van der Waals surface area (Å²) < 4.78 is 53.4. The van der Waals surface area contributed by atoms with Crippen LogP contribution in [-0.2, 0) is 21.7 Å². The number of hydrogen-bond acceptors (Lipinski definition) is 4. The highest BCUT2D eigenvalue weighted by atomic mass is 16.5. The van der Waals surface area contributed by atoms with Gasteiger partial charge < -0.3 is 19.4 Å². The van der Waals surface area contributed by atoms with E-state index in [1.807, 2.05) is 12.1 Å². The van der Waals surface area contributed by atoms with Crippen molar-refractivity contribution in [3.63, 3.8) is 0 Å². The Bertz CT molecular complexity index is 7640. The molecule has 6 aliphatic rings. The maximum absolute atomic E-state index is 9.33.